The van der Waals surface area contributed by atoms with Crippen molar-refractivity contribution >= 4 is 34.0 Å². The lowest BCUT2D eigenvalue weighted by Crippen LogP contribution is -1.94. The maximum Gasteiger partial charge on any atom is 0.129 e. The van der Waals surface area contributed by atoms with Crippen LogP contribution in [0.3, 0.4) is 0 Å². The van der Waals surface area contributed by atoms with Gasteiger partial charge in [0.1, 0.15) is 17.9 Å². The zero-order valence-electron chi connectivity index (χ0n) is 16.5. The summed E-state index contributed by atoms with van der Waals surface area (Å²) in [6.07, 6.45) is 3.29. The van der Waals surface area contributed by atoms with Gasteiger partial charge in [0.15, 0.2) is 0 Å². The highest BCUT2D eigenvalue weighted by molar-refractivity contribution is 7.03. The molecule has 0 aliphatic carbocycles. The van der Waals surface area contributed by atoms with E-state index in [1.807, 2.05) is 47.8 Å². The van der Waals surface area contributed by atoms with Crippen molar-refractivity contribution in [2.45, 2.75) is 0 Å². The van der Waals surface area contributed by atoms with Crippen LogP contribution in [-0.2, 0) is 0 Å². The zero-order valence-corrected chi connectivity index (χ0v) is 18.1. The number of hydrogen-bond acceptors (Lipinski definition) is 5. The van der Waals surface area contributed by atoms with Crippen molar-refractivity contribution in [1.82, 2.24) is 14.3 Å². The highest BCUT2D eigenvalue weighted by atomic mass is 35.5. The molecule has 31 heavy (non-hydrogen) atoms. The second-order valence-corrected chi connectivity index (χ2v) is 7.57. The quantitative estimate of drug-likeness (QED) is 0.300. The maximum absolute atomic E-state index is 13.6. The number of nitrogens with zero attached hydrogens (tertiary/aromatic N) is 3. The minimum absolute atomic E-state index is 0.316. The van der Waals surface area contributed by atoms with Crippen LogP contribution in [0.25, 0.3) is 33.3 Å². The molecule has 0 fully saturated rings. The maximum atomic E-state index is 13.6. The Hall–Kier alpha value is -3.35. The number of aromatic nitrogens is 3. The van der Waals surface area contributed by atoms with Gasteiger partial charge >= 0.3 is 0 Å². The number of rotatable bonds is 3. The Labute approximate surface area is 188 Å². The van der Waals surface area contributed by atoms with E-state index in [4.69, 9.17) is 16.3 Å². The summed E-state index contributed by atoms with van der Waals surface area (Å²) in [6.45, 7) is 0. The molecule has 0 N–H and O–H groups in total. The van der Waals surface area contributed by atoms with Gasteiger partial charge in [0.2, 0.25) is 0 Å². The normalized spacial score (nSPS) is 10.4. The first-order chi connectivity index (χ1) is 15.2. The highest BCUT2D eigenvalue weighted by Crippen LogP contribution is 2.40. The molecule has 0 spiro atoms. The lowest BCUT2D eigenvalue weighted by atomic mass is 9.99. The van der Waals surface area contributed by atoms with Gasteiger partial charge in [-0.25, -0.2) is 18.7 Å². The molecule has 0 saturated carbocycles. The fraction of sp³-hybridized carbons (Fsp3) is 0.0417. The standard InChI is InChI=1S/C21H14ClFN2O.C3H3NS/c1-26-20-11-16(13-5-4-6-14(23)9-13)18(22)10-17(20)21-15-7-2-3-8-19(15)24-12-25-21;1-2-4-5-3-1/h2-12H,1H3;1-3H. The largest absolute Gasteiger partial charge is 0.496 e. The molecule has 0 radical (unpaired) electrons. The molecule has 0 saturated heterocycles. The van der Waals surface area contributed by atoms with Crippen LogP contribution in [0.15, 0.2) is 84.6 Å². The fourth-order valence-electron chi connectivity index (χ4n) is 3.18. The summed E-state index contributed by atoms with van der Waals surface area (Å²) in [4.78, 5) is 8.73. The first-order valence-electron chi connectivity index (χ1n) is 9.35. The van der Waals surface area contributed by atoms with Gasteiger partial charge in [0.25, 0.3) is 0 Å². The van der Waals surface area contributed by atoms with Crippen molar-refractivity contribution in [1.29, 1.82) is 0 Å². The molecular formula is C24H17ClFN3OS. The molecule has 0 aliphatic rings. The van der Waals surface area contributed by atoms with Crippen molar-refractivity contribution in [3.05, 3.63) is 95.5 Å². The molecule has 0 amide bonds. The van der Waals surface area contributed by atoms with Crippen LogP contribution in [-0.4, -0.2) is 21.5 Å². The van der Waals surface area contributed by atoms with E-state index in [1.165, 1.54) is 30.0 Å². The molecule has 0 bridgehead atoms. The smallest absolute Gasteiger partial charge is 0.129 e. The Bertz CT molecular complexity index is 1290. The molecule has 5 aromatic rings. The van der Waals surface area contributed by atoms with E-state index in [1.54, 1.807) is 25.4 Å². The van der Waals surface area contributed by atoms with Gasteiger partial charge in [-0.2, -0.15) is 0 Å². The summed E-state index contributed by atoms with van der Waals surface area (Å²) in [6, 6.07) is 19.6. The average Bonchev–Trinajstić information content (AvgIpc) is 3.39. The molecule has 0 atom stereocenters. The molecule has 0 unspecified atom stereocenters. The van der Waals surface area contributed by atoms with E-state index in [0.29, 0.717) is 21.9 Å². The van der Waals surface area contributed by atoms with E-state index < -0.39 is 0 Å². The average molecular weight is 450 g/mol. The Balaban J connectivity index is 0.000000407. The number of ether oxygens (including phenoxy) is 1. The molecule has 154 valence electrons. The third-order valence-electron chi connectivity index (χ3n) is 4.57. The second-order valence-electron chi connectivity index (χ2n) is 6.47. The summed E-state index contributed by atoms with van der Waals surface area (Å²) in [7, 11) is 1.59. The van der Waals surface area contributed by atoms with Crippen LogP contribution in [0, 0.1) is 5.82 Å². The second kappa shape index (κ2) is 9.64. The summed E-state index contributed by atoms with van der Waals surface area (Å²) in [5.41, 5.74) is 3.72. The SMILES string of the molecule is COc1cc(-c2cccc(F)c2)c(Cl)cc1-c1ncnc2ccccc12.c1cnsc1. The minimum Gasteiger partial charge on any atom is -0.496 e. The van der Waals surface area contributed by atoms with Gasteiger partial charge in [-0.15, -0.1) is 0 Å². The van der Waals surface area contributed by atoms with Crippen molar-refractivity contribution in [2.24, 2.45) is 0 Å². The van der Waals surface area contributed by atoms with Crippen molar-refractivity contribution in [2.75, 3.05) is 7.11 Å². The number of benzene rings is 3. The topological polar surface area (TPSA) is 47.9 Å². The molecule has 4 nitrogen and oxygen atoms in total. The first kappa shape index (κ1) is 20.9. The van der Waals surface area contributed by atoms with E-state index in [2.05, 4.69) is 14.3 Å². The van der Waals surface area contributed by atoms with E-state index >= 15 is 0 Å². The Kier molecular flexibility index (Phi) is 6.50. The Morgan fingerprint density at radius 2 is 1.81 bits per heavy atom. The summed E-state index contributed by atoms with van der Waals surface area (Å²) >= 11 is 7.99. The van der Waals surface area contributed by atoms with Gasteiger partial charge in [0, 0.05) is 33.1 Å². The zero-order chi connectivity index (χ0) is 21.6. The van der Waals surface area contributed by atoms with Gasteiger partial charge in [-0.3, -0.25) is 0 Å². The van der Waals surface area contributed by atoms with Crippen LogP contribution in [0.5, 0.6) is 5.75 Å². The van der Waals surface area contributed by atoms with Gasteiger partial charge < -0.3 is 4.74 Å². The van der Waals surface area contributed by atoms with E-state index in [-0.39, 0.29) is 5.82 Å². The van der Waals surface area contributed by atoms with E-state index in [9.17, 15) is 4.39 Å². The van der Waals surface area contributed by atoms with Crippen molar-refractivity contribution < 1.29 is 9.13 Å². The first-order valence-corrected chi connectivity index (χ1v) is 10.6. The summed E-state index contributed by atoms with van der Waals surface area (Å²) in [5.74, 6) is 0.293. The van der Waals surface area contributed by atoms with Gasteiger partial charge in [-0.1, -0.05) is 41.9 Å². The molecule has 0 aliphatic heterocycles. The van der Waals surface area contributed by atoms with Crippen LogP contribution < -0.4 is 4.74 Å². The van der Waals surface area contributed by atoms with Crippen LogP contribution >= 0.6 is 23.1 Å². The summed E-state index contributed by atoms with van der Waals surface area (Å²) in [5, 5.41) is 3.33. The molecule has 7 heteroatoms. The summed E-state index contributed by atoms with van der Waals surface area (Å²) < 4.78 is 22.9. The lowest BCUT2D eigenvalue weighted by molar-refractivity contribution is 0.416. The Morgan fingerprint density at radius 3 is 2.52 bits per heavy atom. The van der Waals surface area contributed by atoms with Gasteiger partial charge in [-0.05, 0) is 53.5 Å². The molecule has 2 aromatic heterocycles. The van der Waals surface area contributed by atoms with Crippen molar-refractivity contribution in [3.63, 3.8) is 0 Å². The molecule has 3 aromatic carbocycles. The predicted molar refractivity (Wildman–Crippen MR) is 124 cm³/mol. The lowest BCUT2D eigenvalue weighted by Gasteiger charge is -2.14. The molecule has 5 rings (SSSR count). The monoisotopic (exact) mass is 449 g/mol. The number of halogens is 2. The number of fused-ring (bicyclic) bond motifs is 1. The van der Waals surface area contributed by atoms with Crippen molar-refractivity contribution in [3.8, 4) is 28.1 Å². The third kappa shape index (κ3) is 4.71. The fourth-order valence-corrected chi connectivity index (χ4v) is 3.80. The van der Waals surface area contributed by atoms with E-state index in [0.717, 1.165) is 22.2 Å². The van der Waals surface area contributed by atoms with Crippen LogP contribution in [0.2, 0.25) is 5.02 Å². The third-order valence-corrected chi connectivity index (χ3v) is 5.40. The van der Waals surface area contributed by atoms with Crippen LogP contribution in [0.4, 0.5) is 4.39 Å². The highest BCUT2D eigenvalue weighted by Gasteiger charge is 2.16. The van der Waals surface area contributed by atoms with Crippen LogP contribution in [0.1, 0.15) is 0 Å². The minimum atomic E-state index is -0.316. The number of hydrogen-bond donors (Lipinski definition) is 0. The Morgan fingerprint density at radius 1 is 0.935 bits per heavy atom. The number of para-hydroxylation sites is 1. The number of methoxy groups -OCH3 is 1. The van der Waals surface area contributed by atoms with Gasteiger partial charge in [0.05, 0.1) is 18.3 Å². The predicted octanol–water partition coefficient (Wildman–Crippen LogP) is 6.91. The molecular weight excluding hydrogens is 433 g/mol. The molecule has 2 heterocycles.